The van der Waals surface area contributed by atoms with Crippen molar-refractivity contribution in [1.29, 1.82) is 0 Å². The maximum absolute atomic E-state index is 11.0. The molecule has 0 radical (unpaired) electrons. The SMILES string of the molecule is COC(=O)CCCCCCCC/C=C/CCCCCCCCC(=O)OC. The molecule has 0 spiro atoms. The number of hydrogen-bond acceptors (Lipinski definition) is 4. The monoisotopic (exact) mass is 368 g/mol. The van der Waals surface area contributed by atoms with Crippen LogP contribution in [-0.2, 0) is 19.1 Å². The summed E-state index contributed by atoms with van der Waals surface area (Å²) in [5.41, 5.74) is 0. The smallest absolute Gasteiger partial charge is 0.305 e. The van der Waals surface area contributed by atoms with Crippen molar-refractivity contribution in [1.82, 2.24) is 0 Å². The minimum atomic E-state index is -0.0892. The van der Waals surface area contributed by atoms with Gasteiger partial charge < -0.3 is 9.47 Å². The average Bonchev–Trinajstić information content (AvgIpc) is 2.66. The number of hydrogen-bond donors (Lipinski definition) is 0. The molecule has 0 saturated carbocycles. The summed E-state index contributed by atoms with van der Waals surface area (Å²) in [4.78, 5) is 21.9. The van der Waals surface area contributed by atoms with Gasteiger partial charge in [-0.25, -0.2) is 0 Å². The highest BCUT2D eigenvalue weighted by Crippen LogP contribution is 2.11. The fourth-order valence-corrected chi connectivity index (χ4v) is 2.92. The summed E-state index contributed by atoms with van der Waals surface area (Å²) in [7, 11) is 2.90. The predicted molar refractivity (Wildman–Crippen MR) is 107 cm³/mol. The lowest BCUT2D eigenvalue weighted by Crippen LogP contribution is -1.99. The molecule has 0 aromatic rings. The second-order valence-corrected chi connectivity index (χ2v) is 6.94. The topological polar surface area (TPSA) is 52.6 Å². The number of carbonyl (C=O) groups excluding carboxylic acids is 2. The van der Waals surface area contributed by atoms with Gasteiger partial charge in [-0.1, -0.05) is 63.5 Å². The van der Waals surface area contributed by atoms with Crippen molar-refractivity contribution in [3.05, 3.63) is 12.2 Å². The largest absolute Gasteiger partial charge is 0.469 e. The third-order valence-electron chi connectivity index (χ3n) is 4.63. The van der Waals surface area contributed by atoms with E-state index in [0.29, 0.717) is 12.8 Å². The number of unbranched alkanes of at least 4 members (excludes halogenated alkanes) is 12. The third kappa shape index (κ3) is 19.0. The molecule has 0 fully saturated rings. The lowest BCUT2D eigenvalue weighted by Gasteiger charge is -2.01. The number of allylic oxidation sites excluding steroid dienone is 2. The molecule has 0 aromatic heterocycles. The van der Waals surface area contributed by atoms with Crippen LogP contribution < -0.4 is 0 Å². The van der Waals surface area contributed by atoms with Gasteiger partial charge >= 0.3 is 11.9 Å². The maximum atomic E-state index is 11.0. The Morgan fingerprint density at radius 3 is 1.19 bits per heavy atom. The maximum Gasteiger partial charge on any atom is 0.305 e. The van der Waals surface area contributed by atoms with Crippen LogP contribution in [0.4, 0.5) is 0 Å². The van der Waals surface area contributed by atoms with Gasteiger partial charge in [0, 0.05) is 12.8 Å². The molecular weight excluding hydrogens is 328 g/mol. The van der Waals surface area contributed by atoms with Crippen LogP contribution in [0.3, 0.4) is 0 Å². The van der Waals surface area contributed by atoms with Crippen molar-refractivity contribution in [2.75, 3.05) is 14.2 Å². The first-order valence-electron chi connectivity index (χ1n) is 10.5. The molecule has 0 aliphatic carbocycles. The van der Waals surface area contributed by atoms with Crippen molar-refractivity contribution in [3.8, 4) is 0 Å². The van der Waals surface area contributed by atoms with Crippen molar-refractivity contribution in [2.24, 2.45) is 0 Å². The zero-order valence-electron chi connectivity index (χ0n) is 17.1. The summed E-state index contributed by atoms with van der Waals surface area (Å²) >= 11 is 0. The highest BCUT2D eigenvalue weighted by molar-refractivity contribution is 5.69. The summed E-state index contributed by atoms with van der Waals surface area (Å²) in [6.45, 7) is 0. The van der Waals surface area contributed by atoms with Crippen LogP contribution in [0.1, 0.15) is 103 Å². The molecule has 0 aliphatic rings. The van der Waals surface area contributed by atoms with Gasteiger partial charge in [-0.3, -0.25) is 9.59 Å². The van der Waals surface area contributed by atoms with E-state index in [1.165, 1.54) is 78.4 Å². The van der Waals surface area contributed by atoms with Gasteiger partial charge in [0.1, 0.15) is 0 Å². The van der Waals surface area contributed by atoms with Crippen molar-refractivity contribution in [2.45, 2.75) is 103 Å². The van der Waals surface area contributed by atoms with E-state index < -0.39 is 0 Å². The normalized spacial score (nSPS) is 11.0. The number of rotatable bonds is 18. The molecule has 4 heteroatoms. The molecule has 0 aliphatic heterocycles. The van der Waals surface area contributed by atoms with E-state index in [9.17, 15) is 9.59 Å². The molecule has 0 saturated heterocycles. The molecule has 0 N–H and O–H groups in total. The minimum absolute atomic E-state index is 0.0892. The molecule has 0 rings (SSSR count). The Bertz CT molecular complexity index is 329. The quantitative estimate of drug-likeness (QED) is 0.166. The fourth-order valence-electron chi connectivity index (χ4n) is 2.92. The van der Waals surface area contributed by atoms with E-state index in [1.807, 2.05) is 0 Å². The summed E-state index contributed by atoms with van der Waals surface area (Å²) in [6.07, 6.45) is 22.4. The Hall–Kier alpha value is -1.32. The zero-order valence-corrected chi connectivity index (χ0v) is 17.1. The first-order chi connectivity index (χ1) is 12.7. The van der Waals surface area contributed by atoms with E-state index in [0.717, 1.165) is 25.7 Å². The molecule has 0 heterocycles. The van der Waals surface area contributed by atoms with Crippen LogP contribution in [0.5, 0.6) is 0 Å². The molecule has 152 valence electrons. The summed E-state index contributed by atoms with van der Waals surface area (Å²) in [5.74, 6) is -0.178. The Balaban J connectivity index is 3.15. The standard InChI is InChI=1S/C22H40O4/c1-25-21(23)19-17-15-13-11-9-7-5-3-4-6-8-10-12-14-16-18-20-22(24)26-2/h3-4H,5-20H2,1-2H3/b4-3+. The Morgan fingerprint density at radius 2 is 0.846 bits per heavy atom. The van der Waals surface area contributed by atoms with Crippen molar-refractivity contribution in [3.63, 3.8) is 0 Å². The van der Waals surface area contributed by atoms with Crippen LogP contribution in [0.2, 0.25) is 0 Å². The van der Waals surface area contributed by atoms with Crippen molar-refractivity contribution < 1.29 is 19.1 Å². The second kappa shape index (κ2) is 20.0. The van der Waals surface area contributed by atoms with Gasteiger partial charge in [-0.15, -0.1) is 0 Å². The molecule has 0 atom stereocenters. The van der Waals surface area contributed by atoms with Gasteiger partial charge in [0.05, 0.1) is 14.2 Å². The van der Waals surface area contributed by atoms with E-state index in [4.69, 9.17) is 0 Å². The Morgan fingerprint density at radius 1 is 0.538 bits per heavy atom. The lowest BCUT2D eigenvalue weighted by molar-refractivity contribution is -0.141. The van der Waals surface area contributed by atoms with Gasteiger partial charge in [0.25, 0.3) is 0 Å². The van der Waals surface area contributed by atoms with E-state index in [1.54, 1.807) is 0 Å². The van der Waals surface area contributed by atoms with Gasteiger partial charge in [0.15, 0.2) is 0 Å². The molecule has 26 heavy (non-hydrogen) atoms. The molecule has 0 bridgehead atoms. The van der Waals surface area contributed by atoms with E-state index in [-0.39, 0.29) is 11.9 Å². The van der Waals surface area contributed by atoms with Crippen LogP contribution in [0, 0.1) is 0 Å². The lowest BCUT2D eigenvalue weighted by atomic mass is 10.1. The van der Waals surface area contributed by atoms with Crippen LogP contribution in [0.25, 0.3) is 0 Å². The van der Waals surface area contributed by atoms with E-state index in [2.05, 4.69) is 21.6 Å². The first kappa shape index (κ1) is 24.7. The fraction of sp³-hybridized carbons (Fsp3) is 0.818. The number of methoxy groups -OCH3 is 2. The highest BCUT2D eigenvalue weighted by atomic mass is 16.5. The van der Waals surface area contributed by atoms with Crippen LogP contribution in [-0.4, -0.2) is 26.2 Å². The molecule has 4 nitrogen and oxygen atoms in total. The van der Waals surface area contributed by atoms with Crippen LogP contribution in [0.15, 0.2) is 12.2 Å². The van der Waals surface area contributed by atoms with Crippen LogP contribution >= 0.6 is 0 Å². The minimum Gasteiger partial charge on any atom is -0.469 e. The van der Waals surface area contributed by atoms with Gasteiger partial charge in [0.2, 0.25) is 0 Å². The van der Waals surface area contributed by atoms with E-state index >= 15 is 0 Å². The molecular formula is C22H40O4. The third-order valence-corrected chi connectivity index (χ3v) is 4.63. The van der Waals surface area contributed by atoms with Crippen molar-refractivity contribution >= 4 is 11.9 Å². The first-order valence-corrected chi connectivity index (χ1v) is 10.5. The molecule has 0 amide bonds. The summed E-state index contributed by atoms with van der Waals surface area (Å²) in [5, 5.41) is 0. The summed E-state index contributed by atoms with van der Waals surface area (Å²) in [6, 6.07) is 0. The highest BCUT2D eigenvalue weighted by Gasteiger charge is 1.99. The molecule has 0 aromatic carbocycles. The predicted octanol–water partition coefficient (Wildman–Crippen LogP) is 6.13. The number of esters is 2. The summed E-state index contributed by atoms with van der Waals surface area (Å²) < 4.78 is 9.26. The number of ether oxygens (including phenoxy) is 2. The average molecular weight is 369 g/mol. The molecule has 0 unspecified atom stereocenters. The zero-order chi connectivity index (χ0) is 19.3. The Kier molecular flexibility index (Phi) is 19.0. The van der Waals surface area contributed by atoms with Gasteiger partial charge in [-0.2, -0.15) is 0 Å². The van der Waals surface area contributed by atoms with Gasteiger partial charge in [-0.05, 0) is 38.5 Å². The Labute approximate surface area is 160 Å². The number of carbonyl (C=O) groups is 2. The second-order valence-electron chi connectivity index (χ2n) is 6.94.